The fourth-order valence-electron chi connectivity index (χ4n) is 3.46. The number of aliphatic imine (C=N–C) groups is 1. The number of carbonyl (C=O) groups is 3. The molecule has 1 amide bonds. The van der Waals surface area contributed by atoms with E-state index in [0.717, 1.165) is 10.2 Å². The molecule has 0 aliphatic carbocycles. The summed E-state index contributed by atoms with van der Waals surface area (Å²) >= 11 is 4.32. The van der Waals surface area contributed by atoms with Crippen molar-refractivity contribution in [2.45, 2.75) is 17.8 Å². The number of ether oxygens (including phenoxy) is 1. The van der Waals surface area contributed by atoms with Gasteiger partial charge in [-0.1, -0.05) is 0 Å². The number of β-lactam (4-membered cyclic amide) rings is 1. The summed E-state index contributed by atoms with van der Waals surface area (Å²) in [6.07, 6.45) is 0.372. The lowest BCUT2D eigenvalue weighted by Crippen LogP contribution is -2.54. The van der Waals surface area contributed by atoms with Gasteiger partial charge in [0.1, 0.15) is 28.1 Å². The highest BCUT2D eigenvalue weighted by molar-refractivity contribution is 8.15. The summed E-state index contributed by atoms with van der Waals surface area (Å²) in [6, 6.07) is 4.63. The Morgan fingerprint density at radius 3 is 2.84 bits per heavy atom. The quantitative estimate of drug-likeness (QED) is 0.602. The highest BCUT2D eigenvalue weighted by Gasteiger charge is 2.45. The van der Waals surface area contributed by atoms with Crippen molar-refractivity contribution in [3.63, 3.8) is 0 Å². The number of aromatic nitrogens is 1. The summed E-state index contributed by atoms with van der Waals surface area (Å²) in [7, 11) is 0. The number of carboxylic acid groups (broad SMARTS) is 2. The molecule has 12 heteroatoms. The van der Waals surface area contributed by atoms with E-state index in [0.29, 0.717) is 39.3 Å². The Balaban J connectivity index is 1.35. The Labute approximate surface area is 188 Å². The van der Waals surface area contributed by atoms with Crippen LogP contribution < -0.4 is 4.74 Å². The lowest BCUT2D eigenvalue weighted by molar-refractivity contribution is -0.146. The molecular weight excluding hydrogens is 462 g/mol. The molecule has 31 heavy (non-hydrogen) atoms. The van der Waals surface area contributed by atoms with Gasteiger partial charge in [0.2, 0.25) is 5.91 Å². The van der Waals surface area contributed by atoms with Gasteiger partial charge in [-0.05, 0) is 18.2 Å². The van der Waals surface area contributed by atoms with E-state index in [-0.39, 0.29) is 23.6 Å². The average Bonchev–Trinajstić information content (AvgIpc) is 3.38. The molecule has 9 nitrogen and oxygen atoms in total. The Hall–Kier alpha value is -2.57. The Morgan fingerprint density at radius 1 is 1.29 bits per heavy atom. The third-order valence-corrected chi connectivity index (χ3v) is 8.51. The van der Waals surface area contributed by atoms with Gasteiger partial charge < -0.3 is 14.9 Å². The number of nitrogens with zero attached hydrogens (tertiary/aromatic N) is 3. The Kier molecular flexibility index (Phi) is 5.15. The van der Waals surface area contributed by atoms with Crippen molar-refractivity contribution in [2.24, 2.45) is 4.99 Å². The van der Waals surface area contributed by atoms with Crippen molar-refractivity contribution in [3.05, 3.63) is 34.5 Å². The summed E-state index contributed by atoms with van der Waals surface area (Å²) in [5.41, 5.74) is 1.36. The van der Waals surface area contributed by atoms with Crippen LogP contribution in [0.25, 0.3) is 10.2 Å². The van der Waals surface area contributed by atoms with E-state index in [1.165, 1.54) is 28.0 Å². The summed E-state index contributed by atoms with van der Waals surface area (Å²) in [6.45, 7) is 0.0746. The molecule has 0 bridgehead atoms. The van der Waals surface area contributed by atoms with Crippen LogP contribution in [0.2, 0.25) is 0 Å². The SMILES string of the molecule is O=C(O)C1=C(COc2ccc3nc(C4=NC(C(=O)O)CS4)sc3c2)CSC2CC(=O)N12. The van der Waals surface area contributed by atoms with Gasteiger partial charge in [-0.3, -0.25) is 14.7 Å². The van der Waals surface area contributed by atoms with Crippen molar-refractivity contribution >= 4 is 68.0 Å². The standard InChI is InChI=1S/C19H15N3O6S3/c23-13-4-14-22(13)15(19(26)27)8(6-29-14)5-28-9-1-2-10-12(3-9)31-17(20-10)16-21-11(7-30-16)18(24)25/h1-3,11,14H,4-7H2,(H,24,25)(H,26,27). The molecule has 4 heterocycles. The minimum atomic E-state index is -1.12. The molecule has 1 aromatic heterocycles. The molecular formula is C19H15N3O6S3. The van der Waals surface area contributed by atoms with Crippen LogP contribution in [-0.2, 0) is 14.4 Å². The molecule has 3 aliphatic heterocycles. The summed E-state index contributed by atoms with van der Waals surface area (Å²) < 4.78 is 6.71. The zero-order chi connectivity index (χ0) is 21.7. The molecule has 0 saturated carbocycles. The van der Waals surface area contributed by atoms with Crippen molar-refractivity contribution in [2.75, 3.05) is 18.1 Å². The number of amides is 1. The maximum absolute atomic E-state index is 11.8. The fraction of sp³-hybridized carbons (Fsp3) is 0.316. The number of thiazole rings is 1. The minimum absolute atomic E-state index is 0.0328. The Morgan fingerprint density at radius 2 is 2.13 bits per heavy atom. The molecule has 5 rings (SSSR count). The van der Waals surface area contributed by atoms with Crippen LogP contribution in [-0.4, -0.2) is 72.5 Å². The Bertz CT molecular complexity index is 1190. The lowest BCUT2D eigenvalue weighted by Gasteiger charge is -2.43. The largest absolute Gasteiger partial charge is 0.489 e. The average molecular weight is 478 g/mol. The monoisotopic (exact) mass is 477 g/mol. The molecule has 1 fully saturated rings. The van der Waals surface area contributed by atoms with E-state index in [1.54, 1.807) is 23.9 Å². The molecule has 1 aromatic carbocycles. The van der Waals surface area contributed by atoms with E-state index in [1.807, 2.05) is 6.07 Å². The second kappa shape index (κ2) is 7.84. The number of aliphatic carboxylic acids is 2. The van der Waals surface area contributed by atoms with Crippen molar-refractivity contribution in [1.29, 1.82) is 0 Å². The number of thioether (sulfide) groups is 2. The smallest absolute Gasteiger partial charge is 0.352 e. The third kappa shape index (κ3) is 3.68. The molecule has 0 spiro atoms. The van der Waals surface area contributed by atoms with Crippen LogP contribution in [0.15, 0.2) is 34.5 Å². The number of fused-ring (bicyclic) bond motifs is 2. The van der Waals surface area contributed by atoms with E-state index in [2.05, 4.69) is 9.98 Å². The number of rotatable bonds is 6. The fourth-order valence-corrected chi connectivity index (χ4v) is 6.80. The van der Waals surface area contributed by atoms with E-state index in [4.69, 9.17) is 9.84 Å². The number of hydrogen-bond acceptors (Lipinski definition) is 9. The van der Waals surface area contributed by atoms with Crippen molar-refractivity contribution in [1.82, 2.24) is 9.88 Å². The topological polar surface area (TPSA) is 129 Å². The first-order valence-electron chi connectivity index (χ1n) is 9.27. The minimum Gasteiger partial charge on any atom is -0.489 e. The summed E-state index contributed by atoms with van der Waals surface area (Å²) in [5, 5.41) is 19.9. The van der Waals surface area contributed by atoms with Crippen LogP contribution in [0, 0.1) is 0 Å². The predicted molar refractivity (Wildman–Crippen MR) is 118 cm³/mol. The van der Waals surface area contributed by atoms with Crippen molar-refractivity contribution < 1.29 is 29.3 Å². The summed E-state index contributed by atoms with van der Waals surface area (Å²) in [5.74, 6) is -0.774. The van der Waals surface area contributed by atoms with Crippen LogP contribution in [0.1, 0.15) is 11.4 Å². The first kappa shape index (κ1) is 20.3. The summed E-state index contributed by atoms with van der Waals surface area (Å²) in [4.78, 5) is 44.8. The van der Waals surface area contributed by atoms with Gasteiger partial charge in [0.25, 0.3) is 0 Å². The van der Waals surface area contributed by atoms with Crippen LogP contribution in [0.5, 0.6) is 5.75 Å². The second-order valence-corrected chi connectivity index (χ2v) is 10.2. The van der Waals surface area contributed by atoms with Gasteiger partial charge in [-0.25, -0.2) is 14.6 Å². The normalized spacial score (nSPS) is 22.9. The van der Waals surface area contributed by atoms with Crippen LogP contribution in [0.4, 0.5) is 0 Å². The van der Waals surface area contributed by atoms with E-state index in [9.17, 15) is 19.5 Å². The molecule has 2 unspecified atom stereocenters. The van der Waals surface area contributed by atoms with Gasteiger partial charge in [0.15, 0.2) is 6.04 Å². The number of benzene rings is 1. The van der Waals surface area contributed by atoms with Crippen LogP contribution >= 0.6 is 34.9 Å². The molecule has 3 aliphatic rings. The predicted octanol–water partition coefficient (Wildman–Crippen LogP) is 2.27. The molecule has 2 aromatic rings. The molecule has 0 radical (unpaired) electrons. The zero-order valence-corrected chi connectivity index (χ0v) is 18.3. The number of carboxylic acids is 2. The van der Waals surface area contributed by atoms with Gasteiger partial charge in [0.05, 0.1) is 22.0 Å². The highest BCUT2D eigenvalue weighted by atomic mass is 32.2. The first-order chi connectivity index (χ1) is 14.9. The highest BCUT2D eigenvalue weighted by Crippen LogP contribution is 2.40. The van der Waals surface area contributed by atoms with Crippen molar-refractivity contribution in [3.8, 4) is 5.75 Å². The van der Waals surface area contributed by atoms with Gasteiger partial charge in [0, 0.05) is 17.1 Å². The number of carbonyl (C=O) groups excluding carboxylic acids is 1. The van der Waals surface area contributed by atoms with Crippen LogP contribution in [0.3, 0.4) is 0 Å². The molecule has 2 atom stereocenters. The number of hydrogen-bond donors (Lipinski definition) is 2. The van der Waals surface area contributed by atoms with Gasteiger partial charge >= 0.3 is 11.9 Å². The van der Waals surface area contributed by atoms with Gasteiger partial charge in [-0.2, -0.15) is 0 Å². The first-order valence-corrected chi connectivity index (χ1v) is 12.1. The zero-order valence-electron chi connectivity index (χ0n) is 15.8. The second-order valence-electron chi connectivity index (χ2n) is 7.03. The van der Waals surface area contributed by atoms with Gasteiger partial charge in [-0.15, -0.1) is 34.9 Å². The van der Waals surface area contributed by atoms with E-state index >= 15 is 0 Å². The molecule has 1 saturated heterocycles. The molecule has 2 N–H and O–H groups in total. The molecule has 160 valence electrons. The maximum atomic E-state index is 11.8. The van der Waals surface area contributed by atoms with E-state index < -0.39 is 18.0 Å². The third-order valence-electron chi connectivity index (χ3n) is 5.03. The lowest BCUT2D eigenvalue weighted by atomic mass is 10.1. The maximum Gasteiger partial charge on any atom is 0.352 e.